The zero-order valence-corrected chi connectivity index (χ0v) is 17.4. The SMILES string of the molecule is COc1ccc([C@H](CNC(=O)c2ccccc2Br)N2CCCCCC2)cc1. The van der Waals surface area contributed by atoms with Crippen molar-refractivity contribution >= 4 is 21.8 Å². The number of halogens is 1. The molecular weight excluding hydrogens is 404 g/mol. The van der Waals surface area contributed by atoms with Gasteiger partial charge in [-0.3, -0.25) is 9.69 Å². The number of rotatable bonds is 6. The average Bonchev–Trinajstić information content (AvgIpc) is 2.98. The van der Waals surface area contributed by atoms with Gasteiger partial charge in [0.05, 0.1) is 18.7 Å². The van der Waals surface area contributed by atoms with E-state index in [1.807, 2.05) is 36.4 Å². The summed E-state index contributed by atoms with van der Waals surface area (Å²) in [7, 11) is 1.68. The highest BCUT2D eigenvalue weighted by Gasteiger charge is 2.23. The zero-order chi connectivity index (χ0) is 19.1. The first-order chi connectivity index (χ1) is 13.2. The van der Waals surface area contributed by atoms with E-state index in [0.717, 1.165) is 23.3 Å². The Bertz CT molecular complexity index is 740. The van der Waals surface area contributed by atoms with Gasteiger partial charge in [0.1, 0.15) is 5.75 Å². The molecule has 0 radical (unpaired) electrons. The Morgan fingerprint density at radius 2 is 1.74 bits per heavy atom. The second-order valence-corrected chi connectivity index (χ2v) is 7.78. The van der Waals surface area contributed by atoms with Crippen molar-refractivity contribution in [3.05, 3.63) is 64.1 Å². The van der Waals surface area contributed by atoms with Crippen LogP contribution in [0.25, 0.3) is 0 Å². The molecule has 5 heteroatoms. The number of carbonyl (C=O) groups excluding carboxylic acids is 1. The summed E-state index contributed by atoms with van der Waals surface area (Å²) in [5.41, 5.74) is 1.88. The fraction of sp³-hybridized carbons (Fsp3) is 0.409. The predicted octanol–water partition coefficient (Wildman–Crippen LogP) is 4.80. The highest BCUT2D eigenvalue weighted by molar-refractivity contribution is 9.10. The number of benzene rings is 2. The Hall–Kier alpha value is -1.85. The van der Waals surface area contributed by atoms with Gasteiger partial charge in [-0.1, -0.05) is 37.1 Å². The molecule has 1 fully saturated rings. The highest BCUT2D eigenvalue weighted by atomic mass is 79.9. The largest absolute Gasteiger partial charge is 0.497 e. The van der Waals surface area contributed by atoms with E-state index in [4.69, 9.17) is 4.74 Å². The van der Waals surface area contributed by atoms with E-state index >= 15 is 0 Å². The minimum atomic E-state index is -0.0455. The Balaban J connectivity index is 1.76. The topological polar surface area (TPSA) is 41.6 Å². The van der Waals surface area contributed by atoms with Crippen molar-refractivity contribution in [1.82, 2.24) is 10.2 Å². The van der Waals surface area contributed by atoms with Gasteiger partial charge >= 0.3 is 0 Å². The fourth-order valence-corrected chi connectivity index (χ4v) is 4.09. The van der Waals surface area contributed by atoms with Gasteiger partial charge in [-0.25, -0.2) is 0 Å². The molecule has 0 bridgehead atoms. The number of carbonyl (C=O) groups is 1. The van der Waals surface area contributed by atoms with Crippen LogP contribution in [0.3, 0.4) is 0 Å². The number of nitrogens with one attached hydrogen (secondary N) is 1. The van der Waals surface area contributed by atoms with Gasteiger partial charge in [0.2, 0.25) is 0 Å². The third kappa shape index (κ3) is 5.33. The molecule has 4 nitrogen and oxygen atoms in total. The molecule has 1 saturated heterocycles. The molecule has 1 N–H and O–H groups in total. The van der Waals surface area contributed by atoms with Crippen LogP contribution in [0.5, 0.6) is 5.75 Å². The van der Waals surface area contributed by atoms with Gasteiger partial charge in [0.15, 0.2) is 0 Å². The monoisotopic (exact) mass is 430 g/mol. The summed E-state index contributed by atoms with van der Waals surface area (Å²) in [6, 6.07) is 15.9. The van der Waals surface area contributed by atoms with Crippen molar-refractivity contribution in [3.63, 3.8) is 0 Å². The lowest BCUT2D eigenvalue weighted by molar-refractivity contribution is 0.0932. The van der Waals surface area contributed by atoms with Crippen LogP contribution >= 0.6 is 15.9 Å². The first-order valence-electron chi connectivity index (χ1n) is 9.60. The Morgan fingerprint density at radius 3 is 2.37 bits per heavy atom. The molecule has 3 rings (SSSR count). The zero-order valence-electron chi connectivity index (χ0n) is 15.8. The van der Waals surface area contributed by atoms with E-state index in [0.29, 0.717) is 12.1 Å². The predicted molar refractivity (Wildman–Crippen MR) is 112 cm³/mol. The van der Waals surface area contributed by atoms with Crippen LogP contribution < -0.4 is 10.1 Å². The van der Waals surface area contributed by atoms with Crippen LogP contribution in [0.2, 0.25) is 0 Å². The maximum atomic E-state index is 12.7. The smallest absolute Gasteiger partial charge is 0.252 e. The van der Waals surface area contributed by atoms with E-state index in [2.05, 4.69) is 38.3 Å². The summed E-state index contributed by atoms with van der Waals surface area (Å²) in [5, 5.41) is 3.14. The quantitative estimate of drug-likeness (QED) is 0.714. The van der Waals surface area contributed by atoms with Gasteiger partial charge in [-0.2, -0.15) is 0 Å². The van der Waals surface area contributed by atoms with Crippen LogP contribution in [0.4, 0.5) is 0 Å². The van der Waals surface area contributed by atoms with E-state index in [-0.39, 0.29) is 11.9 Å². The number of ether oxygens (including phenoxy) is 1. The molecule has 0 unspecified atom stereocenters. The van der Waals surface area contributed by atoms with Crippen molar-refractivity contribution in [2.24, 2.45) is 0 Å². The van der Waals surface area contributed by atoms with E-state index in [1.165, 1.54) is 31.2 Å². The van der Waals surface area contributed by atoms with Crippen molar-refractivity contribution in [3.8, 4) is 5.75 Å². The van der Waals surface area contributed by atoms with Gasteiger partial charge in [0.25, 0.3) is 5.91 Å². The van der Waals surface area contributed by atoms with E-state index in [1.54, 1.807) is 7.11 Å². The molecule has 2 aromatic rings. The first-order valence-corrected chi connectivity index (χ1v) is 10.4. The fourth-order valence-electron chi connectivity index (χ4n) is 3.62. The lowest BCUT2D eigenvalue weighted by atomic mass is 10.0. The molecule has 1 atom stereocenters. The molecule has 1 aliphatic rings. The Labute approximate surface area is 170 Å². The van der Waals surface area contributed by atoms with Crippen LogP contribution in [-0.4, -0.2) is 37.6 Å². The minimum Gasteiger partial charge on any atom is -0.497 e. The lowest BCUT2D eigenvalue weighted by Crippen LogP contribution is -2.38. The lowest BCUT2D eigenvalue weighted by Gasteiger charge is -2.31. The van der Waals surface area contributed by atoms with E-state index < -0.39 is 0 Å². The first kappa shape index (κ1) is 19.9. The van der Waals surface area contributed by atoms with Crippen LogP contribution in [-0.2, 0) is 0 Å². The Kier molecular flexibility index (Phi) is 7.30. The Morgan fingerprint density at radius 1 is 1.07 bits per heavy atom. The number of hydrogen-bond acceptors (Lipinski definition) is 3. The van der Waals surface area contributed by atoms with Crippen LogP contribution in [0.15, 0.2) is 53.0 Å². The van der Waals surface area contributed by atoms with Crippen LogP contribution in [0.1, 0.15) is 47.6 Å². The molecule has 144 valence electrons. The second kappa shape index (κ2) is 9.90. The molecule has 0 spiro atoms. The maximum absolute atomic E-state index is 12.7. The molecule has 27 heavy (non-hydrogen) atoms. The summed E-state index contributed by atoms with van der Waals surface area (Å²) < 4.78 is 6.11. The van der Waals surface area contributed by atoms with Gasteiger partial charge in [-0.15, -0.1) is 0 Å². The average molecular weight is 431 g/mol. The van der Waals surface area contributed by atoms with Gasteiger partial charge in [0, 0.05) is 11.0 Å². The molecule has 1 heterocycles. The molecule has 0 aromatic heterocycles. The molecule has 0 saturated carbocycles. The molecule has 1 aliphatic heterocycles. The third-order valence-electron chi connectivity index (χ3n) is 5.16. The number of hydrogen-bond donors (Lipinski definition) is 1. The van der Waals surface area contributed by atoms with Crippen molar-refractivity contribution in [2.75, 3.05) is 26.7 Å². The number of nitrogens with zero attached hydrogens (tertiary/aromatic N) is 1. The molecular formula is C22H27BrN2O2. The van der Waals surface area contributed by atoms with Crippen molar-refractivity contribution in [1.29, 1.82) is 0 Å². The summed E-state index contributed by atoms with van der Waals surface area (Å²) in [6.45, 7) is 2.73. The summed E-state index contributed by atoms with van der Waals surface area (Å²) in [5.74, 6) is 0.807. The summed E-state index contributed by atoms with van der Waals surface area (Å²) in [6.07, 6.45) is 5.00. The number of likely N-dealkylation sites (tertiary alicyclic amines) is 1. The normalized spacial score (nSPS) is 16.4. The van der Waals surface area contributed by atoms with E-state index in [9.17, 15) is 4.79 Å². The minimum absolute atomic E-state index is 0.0455. The van der Waals surface area contributed by atoms with Gasteiger partial charge < -0.3 is 10.1 Å². The number of amides is 1. The summed E-state index contributed by atoms with van der Waals surface area (Å²) in [4.78, 5) is 15.2. The molecule has 2 aromatic carbocycles. The second-order valence-electron chi connectivity index (χ2n) is 6.93. The van der Waals surface area contributed by atoms with Crippen molar-refractivity contribution < 1.29 is 9.53 Å². The summed E-state index contributed by atoms with van der Waals surface area (Å²) >= 11 is 3.47. The van der Waals surface area contributed by atoms with Crippen LogP contribution in [0, 0.1) is 0 Å². The standard InChI is InChI=1S/C22H27BrN2O2/c1-27-18-12-10-17(11-13-18)21(25-14-6-2-3-7-15-25)16-24-22(26)19-8-4-5-9-20(19)23/h4-5,8-13,21H,2-3,6-7,14-16H2,1H3,(H,24,26)/t21-/m0/s1. The maximum Gasteiger partial charge on any atom is 0.252 e. The molecule has 0 aliphatic carbocycles. The van der Waals surface area contributed by atoms with Gasteiger partial charge in [-0.05, 0) is 71.7 Å². The van der Waals surface area contributed by atoms with Crippen molar-refractivity contribution in [2.45, 2.75) is 31.7 Å². The third-order valence-corrected chi connectivity index (χ3v) is 5.85. The number of methoxy groups -OCH3 is 1. The molecule has 1 amide bonds. The highest BCUT2D eigenvalue weighted by Crippen LogP contribution is 2.26.